The molecule has 0 spiro atoms. The van der Waals surface area contributed by atoms with Crippen LogP contribution in [-0.2, 0) is 25.4 Å². The number of benzene rings is 1. The van der Waals surface area contributed by atoms with Gasteiger partial charge in [0.05, 0.1) is 44.7 Å². The summed E-state index contributed by atoms with van der Waals surface area (Å²) in [5, 5.41) is 3.35. The zero-order valence-corrected chi connectivity index (χ0v) is 26.4. The van der Waals surface area contributed by atoms with Crippen molar-refractivity contribution in [1.29, 1.82) is 0 Å². The molecule has 1 N–H and O–H groups in total. The lowest BCUT2D eigenvalue weighted by atomic mass is 10.1. The zero-order chi connectivity index (χ0) is 31.4. The number of piperidine rings is 1. The Bertz CT molecular complexity index is 1500. The predicted molar refractivity (Wildman–Crippen MR) is 172 cm³/mol. The predicted octanol–water partition coefficient (Wildman–Crippen LogP) is 4.69. The second kappa shape index (κ2) is 16.3. The highest BCUT2D eigenvalue weighted by Gasteiger charge is 2.22. The number of ether oxygens (including phenoxy) is 4. The van der Waals surface area contributed by atoms with Gasteiger partial charge in [-0.3, -0.25) is 0 Å². The third-order valence-electron chi connectivity index (χ3n) is 7.58. The molecule has 12 nitrogen and oxygen atoms in total. The van der Waals surface area contributed by atoms with Gasteiger partial charge in [-0.2, -0.15) is 4.98 Å². The first-order valence-corrected chi connectivity index (χ1v) is 15.6. The molecule has 0 amide bonds. The maximum atomic E-state index is 10.2. The standard InChI is InChI=1S/C33H43N7O5/c1-24(2)40-25(3)36-29-23-35-32(22-30(29)40)37-31-8-12-34-33(38-31)39-13-9-28(10-14-39)45-27-6-4-26(5-7-27)11-16-42-18-20-44-21-19-43-17-15-41/h4-8,12,15,22-24,28H,9-11,13-14,16-21H2,1-3H3,(H,34,35,37,38). The van der Waals surface area contributed by atoms with E-state index in [1.807, 2.05) is 31.2 Å². The molecule has 5 rings (SSSR count). The van der Waals surface area contributed by atoms with Gasteiger partial charge in [0.15, 0.2) is 0 Å². The number of aldehydes is 1. The molecule has 240 valence electrons. The Kier molecular flexibility index (Phi) is 11.7. The fourth-order valence-corrected chi connectivity index (χ4v) is 5.40. The number of imidazole rings is 1. The Morgan fingerprint density at radius 2 is 1.67 bits per heavy atom. The molecule has 0 bridgehead atoms. The minimum Gasteiger partial charge on any atom is -0.490 e. The lowest BCUT2D eigenvalue weighted by Crippen LogP contribution is -2.39. The second-order valence-electron chi connectivity index (χ2n) is 11.2. The number of hydrogen-bond acceptors (Lipinski definition) is 11. The van der Waals surface area contributed by atoms with Gasteiger partial charge in [0.25, 0.3) is 0 Å². The van der Waals surface area contributed by atoms with E-state index in [1.54, 1.807) is 12.4 Å². The maximum Gasteiger partial charge on any atom is 0.227 e. The van der Waals surface area contributed by atoms with Gasteiger partial charge in [0, 0.05) is 44.2 Å². The molecule has 0 aliphatic carbocycles. The highest BCUT2D eigenvalue weighted by atomic mass is 16.5. The van der Waals surface area contributed by atoms with Crippen molar-refractivity contribution >= 4 is 34.9 Å². The Balaban J connectivity index is 1.04. The van der Waals surface area contributed by atoms with E-state index in [-0.39, 0.29) is 12.7 Å². The fraction of sp³-hybridized carbons (Fsp3) is 0.485. The number of hydrogen-bond donors (Lipinski definition) is 1. The average Bonchev–Trinajstić information content (AvgIpc) is 3.38. The van der Waals surface area contributed by atoms with Crippen molar-refractivity contribution in [2.24, 2.45) is 0 Å². The van der Waals surface area contributed by atoms with Crippen LogP contribution in [0, 0.1) is 6.92 Å². The molecular weight excluding hydrogens is 574 g/mol. The summed E-state index contributed by atoms with van der Waals surface area (Å²) >= 11 is 0. The highest BCUT2D eigenvalue weighted by molar-refractivity contribution is 5.79. The van der Waals surface area contributed by atoms with Crippen LogP contribution in [0.4, 0.5) is 17.6 Å². The van der Waals surface area contributed by atoms with E-state index >= 15 is 0 Å². The summed E-state index contributed by atoms with van der Waals surface area (Å²) in [5.41, 5.74) is 3.13. The molecule has 4 aromatic rings. The first-order chi connectivity index (χ1) is 22.0. The van der Waals surface area contributed by atoms with Gasteiger partial charge in [-0.25, -0.2) is 15.0 Å². The van der Waals surface area contributed by atoms with Gasteiger partial charge in [0.2, 0.25) is 5.95 Å². The zero-order valence-electron chi connectivity index (χ0n) is 26.4. The van der Waals surface area contributed by atoms with Crippen LogP contribution in [0.5, 0.6) is 5.75 Å². The fourth-order valence-electron chi connectivity index (χ4n) is 5.40. The summed E-state index contributed by atoms with van der Waals surface area (Å²) in [4.78, 5) is 30.9. The van der Waals surface area contributed by atoms with Crippen molar-refractivity contribution in [1.82, 2.24) is 24.5 Å². The molecule has 1 aliphatic heterocycles. The summed E-state index contributed by atoms with van der Waals surface area (Å²) in [6.07, 6.45) is 7.05. The molecule has 3 aromatic heterocycles. The van der Waals surface area contributed by atoms with Crippen molar-refractivity contribution in [2.75, 3.05) is 62.9 Å². The summed E-state index contributed by atoms with van der Waals surface area (Å²) in [6, 6.07) is 12.4. The normalized spacial score (nSPS) is 13.9. The van der Waals surface area contributed by atoms with E-state index in [0.29, 0.717) is 50.8 Å². The number of carbonyl (C=O) groups excluding carboxylic acids is 1. The van der Waals surface area contributed by atoms with Crippen molar-refractivity contribution in [3.63, 3.8) is 0 Å². The van der Waals surface area contributed by atoms with Crippen LogP contribution in [0.3, 0.4) is 0 Å². The molecular formula is C33H43N7O5. The minimum atomic E-state index is 0.107. The first kappa shape index (κ1) is 32.3. The van der Waals surface area contributed by atoms with Crippen LogP contribution in [0.15, 0.2) is 48.8 Å². The molecule has 1 aromatic carbocycles. The van der Waals surface area contributed by atoms with Crippen molar-refractivity contribution in [3.05, 3.63) is 60.2 Å². The molecule has 0 unspecified atom stereocenters. The van der Waals surface area contributed by atoms with Gasteiger partial charge < -0.3 is 38.5 Å². The number of nitrogens with zero attached hydrogens (tertiary/aromatic N) is 6. The summed E-state index contributed by atoms with van der Waals surface area (Å²) in [5.74, 6) is 3.98. The number of nitrogens with one attached hydrogen (secondary N) is 1. The van der Waals surface area contributed by atoms with Gasteiger partial charge in [-0.15, -0.1) is 0 Å². The second-order valence-corrected chi connectivity index (χ2v) is 11.2. The summed E-state index contributed by atoms with van der Waals surface area (Å²) < 4.78 is 24.6. The molecule has 45 heavy (non-hydrogen) atoms. The first-order valence-electron chi connectivity index (χ1n) is 15.6. The van der Waals surface area contributed by atoms with E-state index in [9.17, 15) is 4.79 Å². The number of fused-ring (bicyclic) bond motifs is 1. The van der Waals surface area contributed by atoms with Crippen LogP contribution in [0.25, 0.3) is 11.0 Å². The highest BCUT2D eigenvalue weighted by Crippen LogP contribution is 2.25. The van der Waals surface area contributed by atoms with Gasteiger partial charge in [0.1, 0.15) is 47.7 Å². The largest absolute Gasteiger partial charge is 0.490 e. The van der Waals surface area contributed by atoms with Gasteiger partial charge >= 0.3 is 0 Å². The quantitative estimate of drug-likeness (QED) is 0.131. The van der Waals surface area contributed by atoms with Crippen LogP contribution >= 0.6 is 0 Å². The average molecular weight is 618 g/mol. The molecule has 4 heterocycles. The van der Waals surface area contributed by atoms with E-state index < -0.39 is 0 Å². The molecule has 1 saturated heterocycles. The number of aromatic nitrogens is 5. The van der Waals surface area contributed by atoms with Crippen molar-refractivity contribution in [3.8, 4) is 5.75 Å². The smallest absolute Gasteiger partial charge is 0.227 e. The van der Waals surface area contributed by atoms with Crippen LogP contribution in [0.2, 0.25) is 0 Å². The SMILES string of the molecule is Cc1nc2cnc(Nc3ccnc(N4CCC(Oc5ccc(CCOCCOCCOCC=O)cc5)CC4)n3)cc2n1C(C)C. The van der Waals surface area contributed by atoms with Gasteiger partial charge in [-0.05, 0) is 51.0 Å². The molecule has 1 fully saturated rings. The number of aryl methyl sites for hydroxylation is 1. The number of carbonyl (C=O) groups is 1. The Morgan fingerprint density at radius 1 is 0.933 bits per heavy atom. The monoisotopic (exact) mass is 617 g/mol. The number of anilines is 3. The van der Waals surface area contributed by atoms with Crippen LogP contribution < -0.4 is 15.0 Å². The molecule has 1 aliphatic rings. The van der Waals surface area contributed by atoms with E-state index in [4.69, 9.17) is 23.9 Å². The molecule has 0 radical (unpaired) electrons. The summed E-state index contributed by atoms with van der Waals surface area (Å²) in [6.45, 7) is 10.6. The van der Waals surface area contributed by atoms with Crippen molar-refractivity contribution < 1.29 is 23.7 Å². The van der Waals surface area contributed by atoms with Crippen LogP contribution in [-0.4, -0.2) is 89.6 Å². The van der Waals surface area contributed by atoms with Gasteiger partial charge in [-0.1, -0.05) is 12.1 Å². The Hall–Kier alpha value is -4.13. The van der Waals surface area contributed by atoms with E-state index in [2.05, 4.69) is 55.7 Å². The van der Waals surface area contributed by atoms with E-state index in [1.165, 1.54) is 5.56 Å². The Morgan fingerprint density at radius 3 is 2.40 bits per heavy atom. The molecule has 12 heteroatoms. The minimum absolute atomic E-state index is 0.107. The lowest BCUT2D eigenvalue weighted by molar-refractivity contribution is -0.112. The molecule has 0 atom stereocenters. The molecule has 0 saturated carbocycles. The maximum absolute atomic E-state index is 10.2. The topological polar surface area (TPSA) is 126 Å². The number of pyridine rings is 1. The van der Waals surface area contributed by atoms with Crippen LogP contribution in [0.1, 0.15) is 44.1 Å². The third-order valence-corrected chi connectivity index (χ3v) is 7.58. The number of rotatable bonds is 17. The van der Waals surface area contributed by atoms with Crippen molar-refractivity contribution in [2.45, 2.75) is 52.2 Å². The lowest BCUT2D eigenvalue weighted by Gasteiger charge is -2.32. The van der Waals surface area contributed by atoms with E-state index in [0.717, 1.165) is 67.1 Å². The Labute approximate surface area is 264 Å². The third kappa shape index (κ3) is 9.19. The summed E-state index contributed by atoms with van der Waals surface area (Å²) in [7, 11) is 0.